The second-order valence-corrected chi connectivity index (χ2v) is 6.23. The number of methoxy groups -OCH3 is 1. The summed E-state index contributed by atoms with van der Waals surface area (Å²) in [6, 6.07) is 12.8. The number of nitrogens with one attached hydrogen (secondary N) is 1. The van der Waals surface area contributed by atoms with E-state index in [4.69, 9.17) is 9.88 Å². The summed E-state index contributed by atoms with van der Waals surface area (Å²) in [6.07, 6.45) is 3.04. The van der Waals surface area contributed by atoms with Crippen LogP contribution in [0.3, 0.4) is 0 Å². The van der Waals surface area contributed by atoms with E-state index in [9.17, 15) is 13.2 Å². The van der Waals surface area contributed by atoms with E-state index in [0.29, 0.717) is 5.69 Å². The average Bonchev–Trinajstić information content (AvgIpc) is 2.53. The molecule has 0 heterocycles. The Morgan fingerprint density at radius 3 is 2.22 bits per heavy atom. The predicted molar refractivity (Wildman–Crippen MR) is 88.5 cm³/mol. The van der Waals surface area contributed by atoms with Crippen LogP contribution in [0.2, 0.25) is 0 Å². The van der Waals surface area contributed by atoms with Crippen molar-refractivity contribution in [2.24, 2.45) is 5.14 Å². The summed E-state index contributed by atoms with van der Waals surface area (Å²) in [5.41, 5.74) is 1.33. The molecule has 2 aromatic rings. The van der Waals surface area contributed by atoms with E-state index in [1.807, 2.05) is 12.1 Å². The van der Waals surface area contributed by atoms with Crippen molar-refractivity contribution in [1.29, 1.82) is 0 Å². The smallest absolute Gasteiger partial charge is 0.248 e. The summed E-state index contributed by atoms with van der Waals surface area (Å²) in [4.78, 5) is 11.8. The van der Waals surface area contributed by atoms with Crippen LogP contribution in [-0.4, -0.2) is 21.4 Å². The maximum absolute atomic E-state index is 11.8. The van der Waals surface area contributed by atoms with Crippen molar-refractivity contribution in [1.82, 2.24) is 0 Å². The minimum absolute atomic E-state index is 0.00993. The van der Waals surface area contributed by atoms with Crippen molar-refractivity contribution in [2.45, 2.75) is 4.90 Å². The van der Waals surface area contributed by atoms with Crippen molar-refractivity contribution in [3.8, 4) is 5.75 Å². The van der Waals surface area contributed by atoms with Gasteiger partial charge in [-0.05, 0) is 48.0 Å². The highest BCUT2D eigenvalue weighted by atomic mass is 32.2. The maximum atomic E-state index is 11.8. The second-order valence-electron chi connectivity index (χ2n) is 4.67. The van der Waals surface area contributed by atoms with Gasteiger partial charge in [0.25, 0.3) is 0 Å². The molecule has 0 aromatic heterocycles. The molecular formula is C16H16N2O4S. The number of benzene rings is 2. The first kappa shape index (κ1) is 16.7. The molecule has 120 valence electrons. The summed E-state index contributed by atoms with van der Waals surface area (Å²) in [6.45, 7) is 0. The third kappa shape index (κ3) is 4.94. The molecule has 0 radical (unpaired) electrons. The van der Waals surface area contributed by atoms with Gasteiger partial charge in [-0.1, -0.05) is 12.1 Å². The molecule has 0 aliphatic rings. The van der Waals surface area contributed by atoms with Crippen molar-refractivity contribution >= 4 is 27.7 Å². The molecule has 0 bridgehead atoms. The van der Waals surface area contributed by atoms with Crippen molar-refractivity contribution in [3.63, 3.8) is 0 Å². The van der Waals surface area contributed by atoms with Gasteiger partial charge in [0.05, 0.1) is 12.0 Å². The van der Waals surface area contributed by atoms with Crippen LogP contribution in [0.25, 0.3) is 6.08 Å². The number of hydrogen-bond acceptors (Lipinski definition) is 4. The molecule has 1 amide bonds. The molecule has 0 spiro atoms. The summed E-state index contributed by atoms with van der Waals surface area (Å²) in [5.74, 6) is 0.408. The van der Waals surface area contributed by atoms with Crippen LogP contribution < -0.4 is 15.2 Å². The zero-order valence-electron chi connectivity index (χ0n) is 12.4. The minimum Gasteiger partial charge on any atom is -0.497 e. The Labute approximate surface area is 134 Å². The van der Waals surface area contributed by atoms with Gasteiger partial charge in [0.1, 0.15) is 5.75 Å². The highest BCUT2D eigenvalue weighted by Crippen LogP contribution is 2.14. The molecular weight excluding hydrogens is 316 g/mol. The lowest BCUT2D eigenvalue weighted by Crippen LogP contribution is -2.12. The Balaban J connectivity index is 1.99. The number of primary sulfonamides is 1. The number of ether oxygens (including phenoxy) is 1. The quantitative estimate of drug-likeness (QED) is 0.818. The number of sulfonamides is 1. The van der Waals surface area contributed by atoms with Crippen LogP contribution in [0.5, 0.6) is 5.75 Å². The van der Waals surface area contributed by atoms with Gasteiger partial charge in [-0.25, -0.2) is 13.6 Å². The van der Waals surface area contributed by atoms with E-state index < -0.39 is 10.0 Å². The molecule has 0 unspecified atom stereocenters. The summed E-state index contributed by atoms with van der Waals surface area (Å²) in [7, 11) is -2.15. The number of nitrogens with two attached hydrogens (primary N) is 1. The van der Waals surface area contributed by atoms with Crippen LogP contribution >= 0.6 is 0 Å². The summed E-state index contributed by atoms with van der Waals surface area (Å²) in [5, 5.41) is 7.63. The number of hydrogen-bond donors (Lipinski definition) is 2. The van der Waals surface area contributed by atoms with Gasteiger partial charge >= 0.3 is 0 Å². The number of carbonyl (C=O) groups is 1. The third-order valence-electron chi connectivity index (χ3n) is 2.99. The fraction of sp³-hybridized carbons (Fsp3) is 0.0625. The molecule has 0 saturated carbocycles. The normalized spacial score (nSPS) is 11.4. The molecule has 0 aliphatic carbocycles. The van der Waals surface area contributed by atoms with Crippen LogP contribution in [-0.2, 0) is 14.8 Å². The molecule has 0 atom stereocenters. The highest BCUT2D eigenvalue weighted by Gasteiger charge is 2.07. The van der Waals surface area contributed by atoms with Gasteiger partial charge in [-0.2, -0.15) is 0 Å². The molecule has 23 heavy (non-hydrogen) atoms. The van der Waals surface area contributed by atoms with Crippen LogP contribution in [0.1, 0.15) is 5.56 Å². The highest BCUT2D eigenvalue weighted by molar-refractivity contribution is 7.89. The van der Waals surface area contributed by atoms with Gasteiger partial charge in [-0.15, -0.1) is 0 Å². The fourth-order valence-corrected chi connectivity index (χ4v) is 2.31. The Hall–Kier alpha value is -2.64. The van der Waals surface area contributed by atoms with Gasteiger partial charge in [-0.3, -0.25) is 4.79 Å². The third-order valence-corrected chi connectivity index (χ3v) is 3.92. The van der Waals surface area contributed by atoms with Crippen molar-refractivity contribution < 1.29 is 17.9 Å². The zero-order valence-corrected chi connectivity index (χ0v) is 13.2. The monoisotopic (exact) mass is 332 g/mol. The fourth-order valence-electron chi connectivity index (χ4n) is 1.80. The van der Waals surface area contributed by atoms with Gasteiger partial charge in [0.2, 0.25) is 15.9 Å². The number of anilines is 1. The molecule has 6 nitrogen and oxygen atoms in total. The van der Waals surface area contributed by atoms with E-state index in [0.717, 1.165) is 11.3 Å². The van der Waals surface area contributed by atoms with E-state index in [2.05, 4.69) is 5.32 Å². The second kappa shape index (κ2) is 7.08. The first-order valence-electron chi connectivity index (χ1n) is 6.64. The molecule has 0 aliphatic heterocycles. The Kier molecular flexibility index (Phi) is 5.15. The van der Waals surface area contributed by atoms with E-state index in [1.165, 1.54) is 30.3 Å². The Bertz CT molecular complexity index is 810. The zero-order chi connectivity index (χ0) is 16.9. The largest absolute Gasteiger partial charge is 0.497 e. The Morgan fingerprint density at radius 2 is 1.70 bits per heavy atom. The predicted octanol–water partition coefficient (Wildman–Crippen LogP) is 1.99. The molecule has 7 heteroatoms. The average molecular weight is 332 g/mol. The van der Waals surface area contributed by atoms with Crippen LogP contribution in [0.4, 0.5) is 5.69 Å². The summed E-state index contributed by atoms with van der Waals surface area (Å²) >= 11 is 0. The van der Waals surface area contributed by atoms with Crippen molar-refractivity contribution in [3.05, 3.63) is 60.2 Å². The number of rotatable bonds is 5. The van der Waals surface area contributed by atoms with E-state index in [-0.39, 0.29) is 10.8 Å². The lowest BCUT2D eigenvalue weighted by atomic mass is 10.2. The van der Waals surface area contributed by atoms with E-state index in [1.54, 1.807) is 25.3 Å². The van der Waals surface area contributed by atoms with E-state index >= 15 is 0 Å². The SMILES string of the molecule is COc1ccc(C=CC(=O)Nc2ccc(S(N)(=O)=O)cc2)cc1. The molecule has 0 saturated heterocycles. The number of amides is 1. The first-order chi connectivity index (χ1) is 10.9. The molecule has 2 rings (SSSR count). The van der Waals surface area contributed by atoms with Gasteiger partial charge in [0, 0.05) is 11.8 Å². The molecule has 0 fully saturated rings. The topological polar surface area (TPSA) is 98.5 Å². The molecule has 2 aromatic carbocycles. The molecule has 3 N–H and O–H groups in total. The van der Waals surface area contributed by atoms with Crippen LogP contribution in [0, 0.1) is 0 Å². The van der Waals surface area contributed by atoms with Gasteiger partial charge < -0.3 is 10.1 Å². The van der Waals surface area contributed by atoms with Crippen LogP contribution in [0.15, 0.2) is 59.5 Å². The Morgan fingerprint density at radius 1 is 1.09 bits per heavy atom. The first-order valence-corrected chi connectivity index (χ1v) is 8.19. The lowest BCUT2D eigenvalue weighted by Gasteiger charge is -2.03. The number of carbonyl (C=O) groups excluding carboxylic acids is 1. The standard InChI is InChI=1S/C16H16N2O4S/c1-22-14-7-2-12(3-8-14)4-11-16(19)18-13-5-9-15(10-6-13)23(17,20)21/h2-11H,1H3,(H,18,19)(H2,17,20,21). The summed E-state index contributed by atoms with van der Waals surface area (Å²) < 4.78 is 27.3. The lowest BCUT2D eigenvalue weighted by molar-refractivity contribution is -0.111. The minimum atomic E-state index is -3.74. The maximum Gasteiger partial charge on any atom is 0.248 e. The van der Waals surface area contributed by atoms with Crippen molar-refractivity contribution in [2.75, 3.05) is 12.4 Å². The van der Waals surface area contributed by atoms with Gasteiger partial charge in [0.15, 0.2) is 0 Å².